The molecule has 5 heteroatoms. The maximum Gasteiger partial charge on any atom is 0.151 e. The number of aromatic nitrogens is 2. The zero-order valence-electron chi connectivity index (χ0n) is 9.59. The van der Waals surface area contributed by atoms with Gasteiger partial charge >= 0.3 is 0 Å². The fourth-order valence-electron chi connectivity index (χ4n) is 1.80. The van der Waals surface area contributed by atoms with Crippen LogP contribution in [-0.4, -0.2) is 34.3 Å². The number of thioether (sulfide) groups is 1. The van der Waals surface area contributed by atoms with Gasteiger partial charge in [0.25, 0.3) is 0 Å². The van der Waals surface area contributed by atoms with E-state index in [1.165, 1.54) is 12.2 Å². The second kappa shape index (κ2) is 5.50. The third-order valence-electron chi connectivity index (χ3n) is 2.83. The molecule has 1 aliphatic heterocycles. The predicted octanol–water partition coefficient (Wildman–Crippen LogP) is 1.27. The van der Waals surface area contributed by atoms with Gasteiger partial charge in [0, 0.05) is 30.6 Å². The fourth-order valence-corrected chi connectivity index (χ4v) is 2.98. The number of anilines is 1. The number of hydrogen-bond acceptors (Lipinski definition) is 5. The topological polar surface area (TPSA) is 55.0 Å². The lowest BCUT2D eigenvalue weighted by Crippen LogP contribution is -2.38. The molecule has 1 atom stereocenters. The Morgan fingerprint density at radius 2 is 2.38 bits per heavy atom. The first-order chi connectivity index (χ1) is 7.83. The van der Waals surface area contributed by atoms with Crippen molar-refractivity contribution in [2.24, 2.45) is 5.73 Å². The van der Waals surface area contributed by atoms with E-state index >= 15 is 0 Å². The molecular formula is C11H18N4S. The molecule has 16 heavy (non-hydrogen) atoms. The third kappa shape index (κ3) is 2.65. The number of nitrogens with two attached hydrogens (primary N) is 1. The summed E-state index contributed by atoms with van der Waals surface area (Å²) >= 11 is 2.06. The van der Waals surface area contributed by atoms with Crippen molar-refractivity contribution in [3.05, 3.63) is 17.8 Å². The summed E-state index contributed by atoms with van der Waals surface area (Å²) in [5.74, 6) is 2.16. The Kier molecular flexibility index (Phi) is 4.01. The van der Waals surface area contributed by atoms with E-state index < -0.39 is 0 Å². The molecule has 0 radical (unpaired) electrons. The van der Waals surface area contributed by atoms with E-state index in [1.807, 2.05) is 12.1 Å². The molecule has 88 valence electrons. The van der Waals surface area contributed by atoms with Crippen LogP contribution in [0.15, 0.2) is 12.1 Å². The smallest absolute Gasteiger partial charge is 0.151 e. The molecule has 1 aromatic rings. The molecule has 4 nitrogen and oxygen atoms in total. The summed E-state index contributed by atoms with van der Waals surface area (Å²) < 4.78 is 0. The highest BCUT2D eigenvalue weighted by Gasteiger charge is 2.19. The minimum Gasteiger partial charge on any atom is -0.353 e. The Morgan fingerprint density at radius 3 is 3.00 bits per heavy atom. The van der Waals surface area contributed by atoms with E-state index in [2.05, 4.69) is 33.8 Å². The van der Waals surface area contributed by atoms with Crippen molar-refractivity contribution >= 4 is 17.6 Å². The van der Waals surface area contributed by atoms with Gasteiger partial charge in [-0.1, -0.05) is 6.92 Å². The summed E-state index contributed by atoms with van der Waals surface area (Å²) in [4.78, 5) is 2.32. The van der Waals surface area contributed by atoms with Crippen molar-refractivity contribution in [3.8, 4) is 0 Å². The Bertz CT molecular complexity index is 327. The van der Waals surface area contributed by atoms with Gasteiger partial charge in [-0.2, -0.15) is 16.9 Å². The van der Waals surface area contributed by atoms with Crippen molar-refractivity contribution in [1.82, 2.24) is 10.2 Å². The Balaban J connectivity index is 2.05. The molecule has 0 bridgehead atoms. The van der Waals surface area contributed by atoms with Gasteiger partial charge in [0.15, 0.2) is 5.82 Å². The predicted molar refractivity (Wildman–Crippen MR) is 68.7 cm³/mol. The largest absolute Gasteiger partial charge is 0.353 e. The number of rotatable bonds is 3. The van der Waals surface area contributed by atoms with Crippen molar-refractivity contribution in [3.63, 3.8) is 0 Å². The molecule has 1 aliphatic rings. The lowest BCUT2D eigenvalue weighted by Gasteiger charge is -2.32. The summed E-state index contributed by atoms with van der Waals surface area (Å²) in [5, 5.41) is 9.05. The van der Waals surface area contributed by atoms with E-state index in [0.717, 1.165) is 29.9 Å². The van der Waals surface area contributed by atoms with Crippen LogP contribution in [-0.2, 0) is 6.54 Å². The summed E-state index contributed by atoms with van der Waals surface area (Å²) in [5.41, 5.74) is 6.35. The molecule has 2 rings (SSSR count). The molecule has 0 amide bonds. The normalized spacial score (nSPS) is 21.1. The van der Waals surface area contributed by atoms with Crippen molar-refractivity contribution in [1.29, 1.82) is 0 Å². The van der Waals surface area contributed by atoms with Crippen LogP contribution < -0.4 is 10.6 Å². The molecule has 2 heterocycles. The summed E-state index contributed by atoms with van der Waals surface area (Å²) in [6, 6.07) is 3.99. The standard InChI is InChI=1S/C11H18N4S/c1-2-10-8-15(5-6-16-10)11-4-3-9(7-12)13-14-11/h3-4,10H,2,5-8,12H2,1H3. The van der Waals surface area contributed by atoms with Crippen LogP contribution in [0.25, 0.3) is 0 Å². The molecule has 0 saturated carbocycles. The van der Waals surface area contributed by atoms with Crippen molar-refractivity contribution in [2.45, 2.75) is 25.1 Å². The molecular weight excluding hydrogens is 220 g/mol. The molecule has 0 aromatic carbocycles. The highest BCUT2D eigenvalue weighted by molar-refractivity contribution is 8.00. The average Bonchev–Trinajstić information content (AvgIpc) is 2.39. The Hall–Kier alpha value is -0.810. The lowest BCUT2D eigenvalue weighted by molar-refractivity contribution is 0.710. The lowest BCUT2D eigenvalue weighted by atomic mass is 10.3. The quantitative estimate of drug-likeness (QED) is 0.859. The van der Waals surface area contributed by atoms with E-state index in [4.69, 9.17) is 5.73 Å². The molecule has 1 aromatic heterocycles. The van der Waals surface area contributed by atoms with Gasteiger partial charge in [0.1, 0.15) is 0 Å². The molecule has 1 unspecified atom stereocenters. The molecule has 0 aliphatic carbocycles. The molecule has 0 spiro atoms. The maximum atomic E-state index is 5.50. The highest BCUT2D eigenvalue weighted by atomic mass is 32.2. The monoisotopic (exact) mass is 238 g/mol. The van der Waals surface area contributed by atoms with Gasteiger partial charge < -0.3 is 10.6 Å². The average molecular weight is 238 g/mol. The van der Waals surface area contributed by atoms with Gasteiger partial charge in [-0.05, 0) is 18.6 Å². The summed E-state index contributed by atoms with van der Waals surface area (Å²) in [7, 11) is 0. The second-order valence-electron chi connectivity index (χ2n) is 3.93. The first-order valence-electron chi connectivity index (χ1n) is 5.72. The van der Waals surface area contributed by atoms with Gasteiger partial charge in [0.05, 0.1) is 5.69 Å². The maximum absolute atomic E-state index is 5.50. The molecule has 2 N–H and O–H groups in total. The van der Waals surface area contributed by atoms with E-state index in [1.54, 1.807) is 0 Å². The summed E-state index contributed by atoms with van der Waals surface area (Å²) in [6.07, 6.45) is 1.22. The Morgan fingerprint density at radius 1 is 1.50 bits per heavy atom. The van der Waals surface area contributed by atoms with Gasteiger partial charge in [-0.3, -0.25) is 0 Å². The molecule has 1 fully saturated rings. The molecule has 1 saturated heterocycles. The van der Waals surface area contributed by atoms with Crippen LogP contribution in [0.1, 0.15) is 19.0 Å². The van der Waals surface area contributed by atoms with Crippen molar-refractivity contribution in [2.75, 3.05) is 23.7 Å². The zero-order chi connectivity index (χ0) is 11.4. The minimum absolute atomic E-state index is 0.459. The van der Waals surface area contributed by atoms with Crippen LogP contribution >= 0.6 is 11.8 Å². The van der Waals surface area contributed by atoms with Gasteiger partial charge in [-0.25, -0.2) is 0 Å². The second-order valence-corrected chi connectivity index (χ2v) is 5.34. The van der Waals surface area contributed by atoms with E-state index in [-0.39, 0.29) is 0 Å². The van der Waals surface area contributed by atoms with Crippen LogP contribution in [0.2, 0.25) is 0 Å². The van der Waals surface area contributed by atoms with Gasteiger partial charge in [-0.15, -0.1) is 5.10 Å². The van der Waals surface area contributed by atoms with Crippen LogP contribution in [0.3, 0.4) is 0 Å². The first-order valence-corrected chi connectivity index (χ1v) is 6.77. The van der Waals surface area contributed by atoms with Crippen LogP contribution in [0, 0.1) is 0 Å². The first kappa shape index (κ1) is 11.7. The zero-order valence-corrected chi connectivity index (χ0v) is 10.4. The minimum atomic E-state index is 0.459. The van der Waals surface area contributed by atoms with Crippen molar-refractivity contribution < 1.29 is 0 Å². The number of hydrogen-bond donors (Lipinski definition) is 1. The fraction of sp³-hybridized carbons (Fsp3) is 0.636. The number of nitrogens with zero attached hydrogens (tertiary/aromatic N) is 3. The van der Waals surface area contributed by atoms with E-state index in [0.29, 0.717) is 6.54 Å². The highest BCUT2D eigenvalue weighted by Crippen LogP contribution is 2.24. The van der Waals surface area contributed by atoms with Gasteiger partial charge in [0.2, 0.25) is 0 Å². The van der Waals surface area contributed by atoms with Crippen LogP contribution in [0.5, 0.6) is 0 Å². The van der Waals surface area contributed by atoms with E-state index in [9.17, 15) is 0 Å². The Labute approximate surface area is 101 Å². The SMILES string of the molecule is CCC1CN(c2ccc(CN)nn2)CCS1. The summed E-state index contributed by atoms with van der Waals surface area (Å²) in [6.45, 7) is 4.85. The van der Waals surface area contributed by atoms with Crippen LogP contribution in [0.4, 0.5) is 5.82 Å². The third-order valence-corrected chi connectivity index (χ3v) is 4.21.